The molecule has 110 valence electrons. The molecule has 0 unspecified atom stereocenters. The lowest BCUT2D eigenvalue weighted by Gasteiger charge is -2.10. The first-order valence-electron chi connectivity index (χ1n) is 6.74. The zero-order chi connectivity index (χ0) is 15.4. The SMILES string of the molecule is CCOc1c(Br)cc(Br)cc1C=Nc1cc(C)ccc1C. The normalized spacial score (nSPS) is 11.1. The van der Waals surface area contributed by atoms with Crippen LogP contribution in [0.2, 0.25) is 0 Å². The molecule has 0 atom stereocenters. The summed E-state index contributed by atoms with van der Waals surface area (Å²) >= 11 is 7.04. The second-order valence-corrected chi connectivity index (χ2v) is 6.56. The Labute approximate surface area is 142 Å². The molecule has 2 aromatic rings. The van der Waals surface area contributed by atoms with Crippen molar-refractivity contribution in [3.63, 3.8) is 0 Å². The number of aliphatic imine (C=N–C) groups is 1. The molecule has 0 spiro atoms. The van der Waals surface area contributed by atoms with E-state index in [-0.39, 0.29) is 0 Å². The van der Waals surface area contributed by atoms with Crippen LogP contribution in [0.15, 0.2) is 44.3 Å². The quantitative estimate of drug-likeness (QED) is 0.568. The van der Waals surface area contributed by atoms with E-state index in [1.54, 1.807) is 0 Å². The highest BCUT2D eigenvalue weighted by atomic mass is 79.9. The van der Waals surface area contributed by atoms with Crippen LogP contribution in [-0.2, 0) is 0 Å². The van der Waals surface area contributed by atoms with Crippen molar-refractivity contribution in [2.75, 3.05) is 6.61 Å². The van der Waals surface area contributed by atoms with Crippen LogP contribution in [0.4, 0.5) is 5.69 Å². The molecule has 0 aromatic heterocycles. The number of halogens is 2. The summed E-state index contributed by atoms with van der Waals surface area (Å²) in [7, 11) is 0. The first-order chi connectivity index (χ1) is 10.0. The van der Waals surface area contributed by atoms with Crippen LogP contribution < -0.4 is 4.74 Å². The highest BCUT2D eigenvalue weighted by Crippen LogP contribution is 2.32. The molecule has 0 aliphatic carbocycles. The predicted molar refractivity (Wildman–Crippen MR) is 96.2 cm³/mol. The van der Waals surface area contributed by atoms with Crippen molar-refractivity contribution < 1.29 is 4.74 Å². The Kier molecular flexibility index (Phi) is 5.59. The summed E-state index contributed by atoms with van der Waals surface area (Å²) in [5.41, 5.74) is 4.28. The van der Waals surface area contributed by atoms with Crippen LogP contribution in [0.25, 0.3) is 0 Å². The predicted octanol–water partition coefficient (Wildman–Crippen LogP) is 5.98. The van der Waals surface area contributed by atoms with E-state index in [4.69, 9.17) is 4.74 Å². The van der Waals surface area contributed by atoms with Crippen molar-refractivity contribution in [3.05, 3.63) is 56.0 Å². The van der Waals surface area contributed by atoms with Crippen LogP contribution in [0.3, 0.4) is 0 Å². The molecule has 21 heavy (non-hydrogen) atoms. The second kappa shape index (κ2) is 7.23. The summed E-state index contributed by atoms with van der Waals surface area (Å²) < 4.78 is 7.61. The molecule has 0 saturated heterocycles. The topological polar surface area (TPSA) is 21.6 Å². The minimum Gasteiger partial charge on any atom is -0.492 e. The molecule has 2 rings (SSSR count). The number of nitrogens with zero attached hydrogens (tertiary/aromatic N) is 1. The third-order valence-electron chi connectivity index (χ3n) is 3.03. The maximum atomic E-state index is 5.71. The number of benzene rings is 2. The second-order valence-electron chi connectivity index (χ2n) is 4.79. The standard InChI is InChI=1S/C17H17Br2NO/c1-4-21-17-13(8-14(18)9-15(17)19)10-20-16-7-11(2)5-6-12(16)3/h5-10H,4H2,1-3H3. The number of hydrogen-bond acceptors (Lipinski definition) is 2. The van der Waals surface area contributed by atoms with Gasteiger partial charge in [0.1, 0.15) is 5.75 Å². The first-order valence-corrected chi connectivity index (χ1v) is 8.33. The molecule has 0 saturated carbocycles. The maximum Gasteiger partial charge on any atom is 0.142 e. The molecule has 2 aromatic carbocycles. The maximum absolute atomic E-state index is 5.71. The lowest BCUT2D eigenvalue weighted by atomic mass is 10.1. The third kappa shape index (κ3) is 4.17. The van der Waals surface area contributed by atoms with E-state index in [2.05, 4.69) is 68.9 Å². The fourth-order valence-corrected chi connectivity index (χ4v) is 3.34. The Morgan fingerprint density at radius 2 is 1.90 bits per heavy atom. The van der Waals surface area contributed by atoms with E-state index >= 15 is 0 Å². The zero-order valence-corrected chi connectivity index (χ0v) is 15.5. The van der Waals surface area contributed by atoms with E-state index in [1.165, 1.54) is 5.56 Å². The first kappa shape index (κ1) is 16.2. The molecule has 2 nitrogen and oxygen atoms in total. The van der Waals surface area contributed by atoms with Gasteiger partial charge in [-0.2, -0.15) is 0 Å². The number of ether oxygens (including phenoxy) is 1. The van der Waals surface area contributed by atoms with Gasteiger partial charge in [0, 0.05) is 16.3 Å². The highest BCUT2D eigenvalue weighted by Gasteiger charge is 2.08. The van der Waals surface area contributed by atoms with Gasteiger partial charge in [0.05, 0.1) is 16.8 Å². The van der Waals surface area contributed by atoms with Gasteiger partial charge in [-0.15, -0.1) is 0 Å². The van der Waals surface area contributed by atoms with Gasteiger partial charge in [0.2, 0.25) is 0 Å². The van der Waals surface area contributed by atoms with Crippen LogP contribution in [0.5, 0.6) is 5.75 Å². The van der Waals surface area contributed by atoms with Gasteiger partial charge in [-0.1, -0.05) is 28.1 Å². The number of hydrogen-bond donors (Lipinski definition) is 0. The lowest BCUT2D eigenvalue weighted by Crippen LogP contribution is -1.97. The summed E-state index contributed by atoms with van der Waals surface area (Å²) in [6.45, 7) is 6.72. The van der Waals surface area contributed by atoms with Crippen molar-refractivity contribution in [2.24, 2.45) is 4.99 Å². The summed E-state index contributed by atoms with van der Waals surface area (Å²) in [4.78, 5) is 4.62. The van der Waals surface area contributed by atoms with Gasteiger partial charge in [-0.25, -0.2) is 0 Å². The van der Waals surface area contributed by atoms with Gasteiger partial charge in [-0.3, -0.25) is 4.99 Å². The number of rotatable bonds is 4. The Morgan fingerprint density at radius 3 is 2.62 bits per heavy atom. The smallest absolute Gasteiger partial charge is 0.142 e. The highest BCUT2D eigenvalue weighted by molar-refractivity contribution is 9.11. The van der Waals surface area contributed by atoms with Crippen LogP contribution in [0.1, 0.15) is 23.6 Å². The zero-order valence-electron chi connectivity index (χ0n) is 12.3. The Morgan fingerprint density at radius 1 is 1.14 bits per heavy atom. The summed E-state index contributed by atoms with van der Waals surface area (Å²) in [6, 6.07) is 10.2. The molecule has 0 aliphatic rings. The van der Waals surface area contributed by atoms with E-state index in [0.29, 0.717) is 6.61 Å². The number of aryl methyl sites for hydroxylation is 2. The fourth-order valence-electron chi connectivity index (χ4n) is 1.97. The molecule has 4 heteroatoms. The molecule has 0 heterocycles. The lowest BCUT2D eigenvalue weighted by molar-refractivity contribution is 0.337. The average molecular weight is 411 g/mol. The fraction of sp³-hybridized carbons (Fsp3) is 0.235. The molecule has 0 fully saturated rings. The summed E-state index contributed by atoms with van der Waals surface area (Å²) in [6.07, 6.45) is 1.85. The van der Waals surface area contributed by atoms with Gasteiger partial charge in [0.25, 0.3) is 0 Å². The van der Waals surface area contributed by atoms with Crippen LogP contribution >= 0.6 is 31.9 Å². The van der Waals surface area contributed by atoms with Crippen LogP contribution in [0, 0.1) is 13.8 Å². The van der Waals surface area contributed by atoms with Crippen molar-refractivity contribution in [1.82, 2.24) is 0 Å². The van der Waals surface area contributed by atoms with E-state index in [1.807, 2.05) is 25.3 Å². The largest absolute Gasteiger partial charge is 0.492 e. The van der Waals surface area contributed by atoms with E-state index in [9.17, 15) is 0 Å². The summed E-state index contributed by atoms with van der Waals surface area (Å²) in [5, 5.41) is 0. The third-order valence-corrected chi connectivity index (χ3v) is 4.08. The Bertz CT molecular complexity index is 681. The monoisotopic (exact) mass is 409 g/mol. The van der Waals surface area contributed by atoms with Crippen molar-refractivity contribution in [2.45, 2.75) is 20.8 Å². The van der Waals surface area contributed by atoms with Gasteiger partial charge in [-0.05, 0) is 66.0 Å². The van der Waals surface area contributed by atoms with E-state index < -0.39 is 0 Å². The molecular formula is C17H17Br2NO. The van der Waals surface area contributed by atoms with Crippen LogP contribution in [-0.4, -0.2) is 12.8 Å². The van der Waals surface area contributed by atoms with Crippen molar-refractivity contribution in [3.8, 4) is 5.75 Å². The molecular weight excluding hydrogens is 394 g/mol. The van der Waals surface area contributed by atoms with Gasteiger partial charge < -0.3 is 4.74 Å². The molecule has 0 N–H and O–H groups in total. The average Bonchev–Trinajstić information content (AvgIpc) is 2.43. The Hall–Kier alpha value is -1.13. The summed E-state index contributed by atoms with van der Waals surface area (Å²) in [5.74, 6) is 0.815. The molecule has 0 radical (unpaired) electrons. The Balaban J connectivity index is 2.42. The van der Waals surface area contributed by atoms with Crippen molar-refractivity contribution in [1.29, 1.82) is 0 Å². The molecule has 0 bridgehead atoms. The minimum atomic E-state index is 0.616. The minimum absolute atomic E-state index is 0.616. The van der Waals surface area contributed by atoms with Gasteiger partial charge >= 0.3 is 0 Å². The molecule has 0 aliphatic heterocycles. The van der Waals surface area contributed by atoms with Gasteiger partial charge in [0.15, 0.2) is 0 Å². The molecule has 0 amide bonds. The van der Waals surface area contributed by atoms with Crippen molar-refractivity contribution >= 4 is 43.8 Å². The van der Waals surface area contributed by atoms with E-state index in [0.717, 1.165) is 31.5 Å².